The summed E-state index contributed by atoms with van der Waals surface area (Å²) in [6.07, 6.45) is 1.51. The smallest absolute Gasteiger partial charge is 0.294 e. The summed E-state index contributed by atoms with van der Waals surface area (Å²) >= 11 is 0.703. The summed E-state index contributed by atoms with van der Waals surface area (Å²) in [7, 11) is 0. The lowest BCUT2D eigenvalue weighted by Crippen LogP contribution is -2.36. The first kappa shape index (κ1) is 27.3. The zero-order valence-electron chi connectivity index (χ0n) is 20.6. The molecule has 0 unspecified atom stereocenters. The van der Waals surface area contributed by atoms with Crippen molar-refractivity contribution in [3.63, 3.8) is 0 Å². The van der Waals surface area contributed by atoms with Crippen molar-refractivity contribution in [3.8, 4) is 11.5 Å². The zero-order valence-corrected chi connectivity index (χ0v) is 21.4. The van der Waals surface area contributed by atoms with Crippen molar-refractivity contribution < 1.29 is 33.2 Å². The normalized spacial score (nSPS) is 14.0. The number of nitro benzene ring substituents is 1. The second-order valence-corrected chi connectivity index (χ2v) is 9.17. The van der Waals surface area contributed by atoms with Crippen molar-refractivity contribution in [1.82, 2.24) is 4.90 Å². The van der Waals surface area contributed by atoms with E-state index in [1.54, 1.807) is 37.3 Å². The summed E-state index contributed by atoms with van der Waals surface area (Å²) in [4.78, 5) is 49.1. The summed E-state index contributed by atoms with van der Waals surface area (Å²) in [6.45, 7) is 1.70. The molecule has 12 heteroatoms. The van der Waals surface area contributed by atoms with Gasteiger partial charge < -0.3 is 14.8 Å². The van der Waals surface area contributed by atoms with Gasteiger partial charge in [-0.15, -0.1) is 0 Å². The number of anilines is 1. The molecule has 3 aromatic carbocycles. The van der Waals surface area contributed by atoms with Gasteiger partial charge in [-0.25, -0.2) is 4.39 Å². The van der Waals surface area contributed by atoms with Gasteiger partial charge in [-0.05, 0) is 72.3 Å². The standard InChI is InChI=1S/C27H22FN3O7S/c1-2-37-23-13-17(6-11-22(23)38-16-18-4-3-5-21(12-18)31(35)36)14-24-26(33)30(27(34)39-24)15-25(32)29-20-9-7-19(28)8-10-20/h3-14H,2,15-16H2,1H3,(H,29,32)/b24-14+. The van der Waals surface area contributed by atoms with Gasteiger partial charge in [0.15, 0.2) is 11.5 Å². The van der Waals surface area contributed by atoms with E-state index in [1.807, 2.05) is 0 Å². The van der Waals surface area contributed by atoms with Gasteiger partial charge in [0.2, 0.25) is 5.91 Å². The van der Waals surface area contributed by atoms with Gasteiger partial charge in [0.25, 0.3) is 16.8 Å². The van der Waals surface area contributed by atoms with E-state index in [-0.39, 0.29) is 17.2 Å². The molecule has 1 N–H and O–H groups in total. The van der Waals surface area contributed by atoms with Crippen LogP contribution in [-0.2, 0) is 16.2 Å². The molecule has 0 aliphatic carbocycles. The van der Waals surface area contributed by atoms with Gasteiger partial charge in [0.1, 0.15) is 19.0 Å². The van der Waals surface area contributed by atoms with Crippen LogP contribution in [0.15, 0.2) is 71.6 Å². The first-order valence-corrected chi connectivity index (χ1v) is 12.5. The molecule has 3 amide bonds. The van der Waals surface area contributed by atoms with Crippen LogP contribution < -0.4 is 14.8 Å². The summed E-state index contributed by atoms with van der Waals surface area (Å²) in [6, 6.07) is 16.1. The van der Waals surface area contributed by atoms with E-state index in [9.17, 15) is 28.9 Å². The van der Waals surface area contributed by atoms with Gasteiger partial charge in [-0.3, -0.25) is 29.4 Å². The van der Waals surface area contributed by atoms with Gasteiger partial charge in [-0.1, -0.05) is 18.2 Å². The van der Waals surface area contributed by atoms with E-state index >= 15 is 0 Å². The second-order valence-electron chi connectivity index (χ2n) is 8.18. The summed E-state index contributed by atoms with van der Waals surface area (Å²) in [5, 5.41) is 12.9. The molecule has 1 aliphatic heterocycles. The number of nitrogens with zero attached hydrogens (tertiary/aromatic N) is 2. The van der Waals surface area contributed by atoms with E-state index in [0.717, 1.165) is 4.90 Å². The topological polar surface area (TPSA) is 128 Å². The number of ether oxygens (including phenoxy) is 2. The van der Waals surface area contributed by atoms with E-state index in [0.29, 0.717) is 46.7 Å². The number of thioether (sulfide) groups is 1. The van der Waals surface area contributed by atoms with E-state index in [4.69, 9.17) is 9.47 Å². The third-order valence-corrected chi connectivity index (χ3v) is 6.29. The lowest BCUT2D eigenvalue weighted by molar-refractivity contribution is -0.384. The van der Waals surface area contributed by atoms with Crippen molar-refractivity contribution >= 4 is 46.3 Å². The van der Waals surface area contributed by atoms with E-state index in [2.05, 4.69) is 5.32 Å². The van der Waals surface area contributed by atoms with Crippen LogP contribution >= 0.6 is 11.8 Å². The highest BCUT2D eigenvalue weighted by atomic mass is 32.2. The van der Waals surface area contributed by atoms with Gasteiger partial charge in [-0.2, -0.15) is 0 Å². The van der Waals surface area contributed by atoms with E-state index < -0.39 is 34.3 Å². The maximum Gasteiger partial charge on any atom is 0.294 e. The van der Waals surface area contributed by atoms with E-state index in [1.165, 1.54) is 42.5 Å². The number of carbonyl (C=O) groups excluding carboxylic acids is 3. The number of nitro groups is 1. The molecule has 200 valence electrons. The van der Waals surface area contributed by atoms with Crippen molar-refractivity contribution in [3.05, 3.63) is 98.7 Å². The highest BCUT2D eigenvalue weighted by Crippen LogP contribution is 2.35. The molecule has 0 saturated carbocycles. The molecule has 10 nitrogen and oxygen atoms in total. The molecule has 3 aromatic rings. The van der Waals surface area contributed by atoms with Gasteiger partial charge >= 0.3 is 0 Å². The average Bonchev–Trinajstić information content (AvgIpc) is 3.17. The number of non-ortho nitro benzene ring substituents is 1. The van der Waals surface area contributed by atoms with Crippen molar-refractivity contribution in [2.24, 2.45) is 0 Å². The second kappa shape index (κ2) is 12.2. The monoisotopic (exact) mass is 551 g/mol. The van der Waals surface area contributed by atoms with Crippen molar-refractivity contribution in [2.75, 3.05) is 18.5 Å². The summed E-state index contributed by atoms with van der Waals surface area (Å²) in [5.41, 5.74) is 1.45. The minimum Gasteiger partial charge on any atom is -0.490 e. The number of halogens is 1. The molecule has 0 bridgehead atoms. The Balaban J connectivity index is 1.44. The van der Waals surface area contributed by atoms with Crippen LogP contribution in [-0.4, -0.2) is 40.0 Å². The minimum absolute atomic E-state index is 0.0432. The number of rotatable bonds is 10. The highest BCUT2D eigenvalue weighted by molar-refractivity contribution is 8.18. The molecule has 0 atom stereocenters. The fourth-order valence-corrected chi connectivity index (χ4v) is 4.43. The summed E-state index contributed by atoms with van der Waals surface area (Å²) < 4.78 is 24.6. The predicted molar refractivity (Wildman–Crippen MR) is 143 cm³/mol. The average molecular weight is 552 g/mol. The maximum atomic E-state index is 13.1. The molecule has 39 heavy (non-hydrogen) atoms. The predicted octanol–water partition coefficient (Wildman–Crippen LogP) is 5.39. The molecule has 1 aliphatic rings. The first-order chi connectivity index (χ1) is 18.7. The van der Waals surface area contributed by atoms with Crippen LogP contribution in [0.1, 0.15) is 18.1 Å². The van der Waals surface area contributed by atoms with Crippen LogP contribution in [0.2, 0.25) is 0 Å². The number of imide groups is 1. The Hall–Kier alpha value is -4.71. The Kier molecular flexibility index (Phi) is 8.56. The minimum atomic E-state index is -0.622. The summed E-state index contributed by atoms with van der Waals surface area (Å²) in [5.74, 6) is -0.906. The molecular formula is C27H22FN3O7S. The SMILES string of the molecule is CCOc1cc(/C=C2/SC(=O)N(CC(=O)Nc3ccc(F)cc3)C2=O)ccc1OCc1cccc([N+](=O)[O-])c1. The zero-order chi connectivity index (χ0) is 27.9. The quantitative estimate of drug-likeness (QED) is 0.202. The molecule has 0 spiro atoms. The molecule has 1 fully saturated rings. The number of hydrogen-bond acceptors (Lipinski definition) is 8. The van der Waals surface area contributed by atoms with Crippen LogP contribution in [0.3, 0.4) is 0 Å². The Morgan fingerprint density at radius 2 is 1.85 bits per heavy atom. The molecule has 4 rings (SSSR count). The number of benzene rings is 3. The largest absolute Gasteiger partial charge is 0.490 e. The molecule has 1 heterocycles. The fourth-order valence-electron chi connectivity index (χ4n) is 3.59. The van der Waals surface area contributed by atoms with Gasteiger partial charge in [0, 0.05) is 17.8 Å². The Labute approximate surface area is 226 Å². The third kappa shape index (κ3) is 6.99. The third-order valence-electron chi connectivity index (χ3n) is 5.38. The molecule has 0 radical (unpaired) electrons. The Morgan fingerprint density at radius 3 is 2.56 bits per heavy atom. The number of amides is 3. The van der Waals surface area contributed by atoms with Crippen LogP contribution in [0.4, 0.5) is 20.6 Å². The van der Waals surface area contributed by atoms with Crippen molar-refractivity contribution in [1.29, 1.82) is 0 Å². The number of hydrogen-bond donors (Lipinski definition) is 1. The fraction of sp³-hybridized carbons (Fsp3) is 0.148. The Bertz CT molecular complexity index is 1460. The van der Waals surface area contributed by atoms with Gasteiger partial charge in [0.05, 0.1) is 16.4 Å². The Morgan fingerprint density at radius 1 is 1.08 bits per heavy atom. The molecule has 1 saturated heterocycles. The lowest BCUT2D eigenvalue weighted by atomic mass is 10.1. The highest BCUT2D eigenvalue weighted by Gasteiger charge is 2.36. The number of carbonyl (C=O) groups is 3. The maximum absolute atomic E-state index is 13.1. The molecular weight excluding hydrogens is 529 g/mol. The first-order valence-electron chi connectivity index (χ1n) is 11.7. The van der Waals surface area contributed by atoms with Crippen LogP contribution in [0.5, 0.6) is 11.5 Å². The van der Waals surface area contributed by atoms with Crippen LogP contribution in [0, 0.1) is 15.9 Å². The molecule has 0 aromatic heterocycles. The lowest BCUT2D eigenvalue weighted by Gasteiger charge is -2.13. The van der Waals surface area contributed by atoms with Crippen LogP contribution in [0.25, 0.3) is 6.08 Å². The number of nitrogens with one attached hydrogen (secondary N) is 1. The van der Waals surface area contributed by atoms with Crippen molar-refractivity contribution in [2.45, 2.75) is 13.5 Å².